The van der Waals surface area contributed by atoms with Crippen molar-refractivity contribution in [1.82, 2.24) is 19.5 Å². The van der Waals surface area contributed by atoms with Gasteiger partial charge in [0.15, 0.2) is 0 Å². The number of anilines is 2. The van der Waals surface area contributed by atoms with Crippen LogP contribution in [0.3, 0.4) is 0 Å². The molecule has 0 radical (unpaired) electrons. The first-order valence-electron chi connectivity index (χ1n) is 7.64. The molecule has 0 saturated carbocycles. The van der Waals surface area contributed by atoms with E-state index >= 15 is 0 Å². The van der Waals surface area contributed by atoms with Crippen LogP contribution in [-0.2, 0) is 0 Å². The van der Waals surface area contributed by atoms with Crippen LogP contribution in [0.15, 0.2) is 67.1 Å². The molecule has 7 heteroatoms. The number of benzene rings is 1. The van der Waals surface area contributed by atoms with E-state index in [0.29, 0.717) is 23.1 Å². The molecule has 3 aromatic heterocycles. The molecule has 0 atom stereocenters. The number of carbonyl (C=O) groups excluding carboxylic acids is 1. The lowest BCUT2D eigenvalue weighted by molar-refractivity contribution is 0.100. The number of para-hydroxylation sites is 1. The van der Waals surface area contributed by atoms with Crippen molar-refractivity contribution in [1.29, 1.82) is 0 Å². The van der Waals surface area contributed by atoms with E-state index in [1.54, 1.807) is 24.7 Å². The standard InChI is InChI=1S/C18H14N6O/c19-17(25)13-11-24(14-6-2-1-5-12(13)14)16-8-10-21-18(23-16)22-15-7-3-4-9-20-15/h1-11H,(H2,19,25)(H,20,21,22,23). The van der Waals surface area contributed by atoms with E-state index in [4.69, 9.17) is 5.73 Å². The highest BCUT2D eigenvalue weighted by Gasteiger charge is 2.14. The second-order valence-corrected chi connectivity index (χ2v) is 5.37. The van der Waals surface area contributed by atoms with Gasteiger partial charge in [0.2, 0.25) is 5.95 Å². The lowest BCUT2D eigenvalue weighted by atomic mass is 10.2. The highest BCUT2D eigenvalue weighted by atomic mass is 16.1. The van der Waals surface area contributed by atoms with Gasteiger partial charge in [-0.1, -0.05) is 24.3 Å². The molecule has 3 heterocycles. The SMILES string of the molecule is NC(=O)c1cn(-c2ccnc(Nc3ccccn3)n2)c2ccccc12. The Morgan fingerprint density at radius 1 is 1.00 bits per heavy atom. The predicted molar refractivity (Wildman–Crippen MR) is 94.9 cm³/mol. The quantitative estimate of drug-likeness (QED) is 0.599. The minimum absolute atomic E-state index is 0.412. The van der Waals surface area contributed by atoms with Gasteiger partial charge in [-0.3, -0.25) is 4.79 Å². The summed E-state index contributed by atoms with van der Waals surface area (Å²) in [6.45, 7) is 0. The second-order valence-electron chi connectivity index (χ2n) is 5.37. The fourth-order valence-electron chi connectivity index (χ4n) is 2.66. The topological polar surface area (TPSA) is 98.7 Å². The van der Waals surface area contributed by atoms with Gasteiger partial charge < -0.3 is 15.6 Å². The number of nitrogens with one attached hydrogen (secondary N) is 1. The normalized spacial score (nSPS) is 10.7. The average molecular weight is 330 g/mol. The highest BCUT2D eigenvalue weighted by molar-refractivity contribution is 6.06. The van der Waals surface area contributed by atoms with Crippen molar-refractivity contribution in [3.8, 4) is 5.82 Å². The Hall–Kier alpha value is -3.74. The summed E-state index contributed by atoms with van der Waals surface area (Å²) in [4.78, 5) is 24.6. The van der Waals surface area contributed by atoms with Crippen molar-refractivity contribution in [3.63, 3.8) is 0 Å². The molecule has 0 aliphatic heterocycles. The third kappa shape index (κ3) is 2.78. The molecule has 0 bridgehead atoms. The first-order valence-corrected chi connectivity index (χ1v) is 7.64. The Labute approximate surface area is 143 Å². The average Bonchev–Trinajstić information content (AvgIpc) is 3.03. The van der Waals surface area contributed by atoms with E-state index < -0.39 is 5.91 Å². The lowest BCUT2D eigenvalue weighted by Crippen LogP contribution is -2.10. The summed E-state index contributed by atoms with van der Waals surface area (Å²) in [6.07, 6.45) is 5.02. The molecule has 122 valence electrons. The second kappa shape index (κ2) is 6.04. The molecular formula is C18H14N6O. The number of rotatable bonds is 4. The zero-order valence-electron chi connectivity index (χ0n) is 13.1. The van der Waals surface area contributed by atoms with Crippen LogP contribution in [0.1, 0.15) is 10.4 Å². The van der Waals surface area contributed by atoms with Crippen LogP contribution in [0.4, 0.5) is 11.8 Å². The number of hydrogen-bond donors (Lipinski definition) is 2. The number of nitrogens with zero attached hydrogens (tertiary/aromatic N) is 4. The largest absolute Gasteiger partial charge is 0.366 e. The van der Waals surface area contributed by atoms with Crippen molar-refractivity contribution in [2.45, 2.75) is 0 Å². The Kier molecular flexibility index (Phi) is 3.59. The molecule has 4 rings (SSSR count). The number of fused-ring (bicyclic) bond motifs is 1. The van der Waals surface area contributed by atoms with Crippen molar-refractivity contribution in [2.75, 3.05) is 5.32 Å². The molecule has 0 spiro atoms. The van der Waals surface area contributed by atoms with E-state index in [1.165, 1.54) is 0 Å². The summed E-state index contributed by atoms with van der Waals surface area (Å²) in [6, 6.07) is 14.8. The Morgan fingerprint density at radius 2 is 1.84 bits per heavy atom. The Morgan fingerprint density at radius 3 is 2.64 bits per heavy atom. The van der Waals surface area contributed by atoms with E-state index in [2.05, 4.69) is 20.3 Å². The molecule has 1 aromatic carbocycles. The van der Waals surface area contributed by atoms with Gasteiger partial charge in [-0.2, -0.15) is 4.98 Å². The molecule has 0 fully saturated rings. The highest BCUT2D eigenvalue weighted by Crippen LogP contribution is 2.24. The van der Waals surface area contributed by atoms with Crippen LogP contribution in [0.25, 0.3) is 16.7 Å². The third-order valence-corrected chi connectivity index (χ3v) is 3.77. The van der Waals surface area contributed by atoms with Gasteiger partial charge in [-0.15, -0.1) is 0 Å². The number of hydrogen-bond acceptors (Lipinski definition) is 5. The third-order valence-electron chi connectivity index (χ3n) is 3.77. The van der Waals surface area contributed by atoms with Gasteiger partial charge in [0.1, 0.15) is 11.6 Å². The van der Waals surface area contributed by atoms with E-state index in [9.17, 15) is 4.79 Å². The molecule has 1 amide bonds. The van der Waals surface area contributed by atoms with Gasteiger partial charge >= 0.3 is 0 Å². The molecular weight excluding hydrogens is 316 g/mol. The lowest BCUT2D eigenvalue weighted by Gasteiger charge is -2.07. The number of nitrogens with two attached hydrogens (primary N) is 1. The molecule has 0 saturated heterocycles. The van der Waals surface area contributed by atoms with Crippen molar-refractivity contribution >= 4 is 28.6 Å². The Balaban J connectivity index is 1.79. The van der Waals surface area contributed by atoms with Crippen LogP contribution < -0.4 is 11.1 Å². The molecule has 0 aliphatic rings. The number of amides is 1. The number of primary amides is 1. The molecule has 7 nitrogen and oxygen atoms in total. The summed E-state index contributed by atoms with van der Waals surface area (Å²) < 4.78 is 1.82. The maximum Gasteiger partial charge on any atom is 0.250 e. The number of pyridine rings is 1. The Bertz CT molecular complexity index is 1060. The zero-order valence-corrected chi connectivity index (χ0v) is 13.1. The predicted octanol–water partition coefficient (Wildman–Crippen LogP) is 2.66. The molecule has 4 aromatic rings. The van der Waals surface area contributed by atoms with E-state index in [-0.39, 0.29) is 0 Å². The van der Waals surface area contributed by atoms with Crippen LogP contribution in [0, 0.1) is 0 Å². The monoisotopic (exact) mass is 330 g/mol. The maximum absolute atomic E-state index is 11.7. The van der Waals surface area contributed by atoms with Gasteiger partial charge in [0.05, 0.1) is 11.1 Å². The summed E-state index contributed by atoms with van der Waals surface area (Å²) in [5, 5.41) is 3.84. The number of carbonyl (C=O) groups is 1. The van der Waals surface area contributed by atoms with Crippen molar-refractivity contribution in [2.24, 2.45) is 5.73 Å². The fraction of sp³-hybridized carbons (Fsp3) is 0. The van der Waals surface area contributed by atoms with Crippen molar-refractivity contribution in [3.05, 3.63) is 72.7 Å². The number of aromatic nitrogens is 4. The first-order chi connectivity index (χ1) is 12.2. The molecule has 0 aliphatic carbocycles. The summed E-state index contributed by atoms with van der Waals surface area (Å²) >= 11 is 0. The van der Waals surface area contributed by atoms with Crippen LogP contribution in [0.2, 0.25) is 0 Å². The van der Waals surface area contributed by atoms with Gasteiger partial charge in [-0.05, 0) is 24.3 Å². The molecule has 3 N–H and O–H groups in total. The zero-order chi connectivity index (χ0) is 17.2. The summed E-state index contributed by atoms with van der Waals surface area (Å²) in [5.74, 6) is 1.21. The maximum atomic E-state index is 11.7. The summed E-state index contributed by atoms with van der Waals surface area (Å²) in [7, 11) is 0. The molecule has 25 heavy (non-hydrogen) atoms. The molecule has 0 unspecified atom stereocenters. The minimum Gasteiger partial charge on any atom is -0.366 e. The van der Waals surface area contributed by atoms with Crippen molar-refractivity contribution < 1.29 is 4.79 Å². The van der Waals surface area contributed by atoms with Gasteiger partial charge in [0, 0.05) is 24.0 Å². The van der Waals surface area contributed by atoms with E-state index in [1.807, 2.05) is 47.0 Å². The summed E-state index contributed by atoms with van der Waals surface area (Å²) in [5.41, 5.74) is 6.80. The first kappa shape index (κ1) is 14.8. The smallest absolute Gasteiger partial charge is 0.250 e. The van der Waals surface area contributed by atoms with Gasteiger partial charge in [0.25, 0.3) is 5.91 Å². The van der Waals surface area contributed by atoms with Crippen LogP contribution in [-0.4, -0.2) is 25.4 Å². The minimum atomic E-state index is -0.476. The van der Waals surface area contributed by atoms with Crippen LogP contribution >= 0.6 is 0 Å². The van der Waals surface area contributed by atoms with Crippen LogP contribution in [0.5, 0.6) is 0 Å². The van der Waals surface area contributed by atoms with Gasteiger partial charge in [-0.25, -0.2) is 9.97 Å². The fourth-order valence-corrected chi connectivity index (χ4v) is 2.66. The van der Waals surface area contributed by atoms with E-state index in [0.717, 1.165) is 10.9 Å².